The minimum Gasteiger partial charge on any atom is -0.453 e. The summed E-state index contributed by atoms with van der Waals surface area (Å²) in [6.45, 7) is 2.51. The van der Waals surface area contributed by atoms with Gasteiger partial charge in [0.25, 0.3) is 0 Å². The smallest absolute Gasteiger partial charge is 0.406 e. The van der Waals surface area contributed by atoms with Gasteiger partial charge in [-0.25, -0.2) is 9.18 Å². The Kier molecular flexibility index (Phi) is 10.0. The number of hydrogen-bond acceptors (Lipinski definition) is 6. The molecule has 0 saturated carbocycles. The molecular weight excluding hydrogens is 477 g/mol. The van der Waals surface area contributed by atoms with Crippen molar-refractivity contribution in [2.75, 3.05) is 33.4 Å². The molecule has 2 aromatic carbocycles. The van der Waals surface area contributed by atoms with Crippen LogP contribution in [0.25, 0.3) is 11.1 Å². The average Bonchev–Trinajstić information content (AvgIpc) is 2.94. The molecule has 0 unspecified atom stereocenters. The highest BCUT2D eigenvalue weighted by Gasteiger charge is 2.43. The third kappa shape index (κ3) is 6.66. The van der Waals surface area contributed by atoms with Crippen molar-refractivity contribution in [2.45, 2.75) is 50.7 Å². The highest BCUT2D eigenvalue weighted by atomic mass is 19.1. The lowest BCUT2D eigenvalue weighted by atomic mass is 9.72. The molecule has 2 aromatic rings. The molecule has 8 nitrogen and oxygen atoms in total. The summed E-state index contributed by atoms with van der Waals surface area (Å²) in [5, 5.41) is 24.4. The predicted octanol–water partition coefficient (Wildman–Crippen LogP) is 2.94. The average molecular weight is 516 g/mol. The van der Waals surface area contributed by atoms with E-state index >= 15 is 4.39 Å². The van der Waals surface area contributed by atoms with Gasteiger partial charge in [-0.2, -0.15) is 0 Å². The molecule has 5 N–H and O–H groups in total. The molecule has 0 radical (unpaired) electrons. The van der Waals surface area contributed by atoms with E-state index in [2.05, 4.69) is 10.1 Å². The highest BCUT2D eigenvalue weighted by Crippen LogP contribution is 2.44. The van der Waals surface area contributed by atoms with Gasteiger partial charge in [0, 0.05) is 31.1 Å². The maximum absolute atomic E-state index is 15.5. The summed E-state index contributed by atoms with van der Waals surface area (Å²) in [5.41, 5.74) is 6.79. The largest absolute Gasteiger partial charge is 0.453 e. The van der Waals surface area contributed by atoms with Crippen molar-refractivity contribution in [3.8, 4) is 11.1 Å². The van der Waals surface area contributed by atoms with Gasteiger partial charge in [0.15, 0.2) is 0 Å². The van der Waals surface area contributed by atoms with Crippen LogP contribution in [0, 0.1) is 11.7 Å². The van der Waals surface area contributed by atoms with Gasteiger partial charge in [-0.15, -0.1) is 0 Å². The number of aliphatic hydroxyl groups excluding tert-OH is 1. The van der Waals surface area contributed by atoms with Crippen LogP contribution in [-0.4, -0.2) is 66.5 Å². The second kappa shape index (κ2) is 13.0. The van der Waals surface area contributed by atoms with Crippen LogP contribution >= 0.6 is 0 Å². The number of alkyl carbamates (subject to hydrolysis) is 1. The Balaban J connectivity index is 2.03. The molecule has 9 heteroatoms. The number of carbonyl (C=O) groups excluding carboxylic acids is 2. The molecule has 202 valence electrons. The maximum atomic E-state index is 15.5. The standard InChI is InChI=1S/C28H38FN3O5/c1-3-19-8-4-9-20(16-19)25-22(11-5-12-23(25)29)28(36,13-7-14-31-27(35)37-2)21-10-6-15-32(17-21)26(34)24(30)18-33/h4-5,8-9,11-12,16,21,24,33,36H,3,6-7,10,13-15,17-18,30H2,1-2H3,(H,31,35)/t21-,24+,28+/m1/s1. The number of nitrogens with one attached hydrogen (secondary N) is 1. The molecule has 1 heterocycles. The summed E-state index contributed by atoms with van der Waals surface area (Å²) in [7, 11) is 1.28. The first kappa shape index (κ1) is 28.6. The van der Waals surface area contributed by atoms with Crippen LogP contribution in [0.2, 0.25) is 0 Å². The second-order valence-corrected chi connectivity index (χ2v) is 9.57. The Morgan fingerprint density at radius 3 is 2.76 bits per heavy atom. The van der Waals surface area contributed by atoms with Gasteiger partial charge < -0.3 is 30.9 Å². The van der Waals surface area contributed by atoms with E-state index in [9.17, 15) is 19.8 Å². The van der Waals surface area contributed by atoms with Crippen molar-refractivity contribution in [1.82, 2.24) is 10.2 Å². The summed E-state index contributed by atoms with van der Waals surface area (Å²) in [5.74, 6) is -1.23. The van der Waals surface area contributed by atoms with Crippen molar-refractivity contribution < 1.29 is 28.9 Å². The Bertz CT molecular complexity index is 1080. The Hall–Kier alpha value is -3.01. The van der Waals surface area contributed by atoms with Gasteiger partial charge in [0.05, 0.1) is 19.3 Å². The highest BCUT2D eigenvalue weighted by molar-refractivity contribution is 5.82. The lowest BCUT2D eigenvalue weighted by molar-refractivity contribution is -0.139. The number of aliphatic hydroxyl groups is 2. The molecule has 0 spiro atoms. The first-order valence-electron chi connectivity index (χ1n) is 12.8. The van der Waals surface area contributed by atoms with E-state index in [4.69, 9.17) is 5.73 Å². The molecule has 1 fully saturated rings. The zero-order valence-electron chi connectivity index (χ0n) is 21.6. The topological polar surface area (TPSA) is 125 Å². The van der Waals surface area contributed by atoms with Crippen LogP contribution in [-0.2, 0) is 21.6 Å². The van der Waals surface area contributed by atoms with Crippen LogP contribution in [0.3, 0.4) is 0 Å². The quantitative estimate of drug-likeness (QED) is 0.361. The number of rotatable bonds is 10. The van der Waals surface area contributed by atoms with E-state index in [0.717, 1.165) is 12.0 Å². The van der Waals surface area contributed by atoms with Crippen molar-refractivity contribution in [3.05, 3.63) is 59.4 Å². The number of halogens is 1. The fraction of sp³-hybridized carbons (Fsp3) is 0.500. The second-order valence-electron chi connectivity index (χ2n) is 9.57. The third-order valence-corrected chi connectivity index (χ3v) is 7.22. The van der Waals surface area contributed by atoms with Crippen LogP contribution in [0.4, 0.5) is 9.18 Å². The minimum atomic E-state index is -1.50. The lowest BCUT2D eigenvalue weighted by Crippen LogP contribution is -2.53. The summed E-state index contributed by atoms with van der Waals surface area (Å²) < 4.78 is 20.1. The van der Waals surface area contributed by atoms with E-state index < -0.39 is 36.1 Å². The van der Waals surface area contributed by atoms with Crippen LogP contribution in [0.5, 0.6) is 0 Å². The number of aryl methyl sites for hydroxylation is 1. The summed E-state index contributed by atoms with van der Waals surface area (Å²) in [6.07, 6.45) is 2.08. The molecule has 3 atom stereocenters. The van der Waals surface area contributed by atoms with Gasteiger partial charge in [-0.05, 0) is 54.9 Å². The summed E-state index contributed by atoms with van der Waals surface area (Å²) in [4.78, 5) is 25.9. The number of hydrogen-bond donors (Lipinski definition) is 4. The van der Waals surface area contributed by atoms with E-state index in [1.807, 2.05) is 31.2 Å². The number of carbonyl (C=O) groups is 2. The number of methoxy groups -OCH3 is 1. The number of amides is 2. The van der Waals surface area contributed by atoms with Crippen LogP contribution in [0.1, 0.15) is 43.7 Å². The molecule has 0 bridgehead atoms. The number of nitrogens with two attached hydrogens (primary N) is 1. The van der Waals surface area contributed by atoms with Gasteiger partial charge >= 0.3 is 6.09 Å². The molecular formula is C28H38FN3O5. The van der Waals surface area contributed by atoms with Crippen molar-refractivity contribution >= 4 is 12.0 Å². The molecule has 3 rings (SSSR count). The fourth-order valence-electron chi connectivity index (χ4n) is 5.18. The third-order valence-electron chi connectivity index (χ3n) is 7.22. The fourth-order valence-corrected chi connectivity index (χ4v) is 5.18. The van der Waals surface area contributed by atoms with E-state index in [1.165, 1.54) is 13.2 Å². The Labute approximate surface area is 217 Å². The summed E-state index contributed by atoms with van der Waals surface area (Å²) in [6, 6.07) is 11.3. The lowest BCUT2D eigenvalue weighted by Gasteiger charge is -2.44. The van der Waals surface area contributed by atoms with Gasteiger partial charge in [-0.1, -0.05) is 43.3 Å². The van der Waals surface area contributed by atoms with Crippen LogP contribution < -0.4 is 11.1 Å². The van der Waals surface area contributed by atoms with Crippen molar-refractivity contribution in [1.29, 1.82) is 0 Å². The predicted molar refractivity (Wildman–Crippen MR) is 139 cm³/mol. The van der Waals surface area contributed by atoms with E-state index in [-0.39, 0.29) is 25.4 Å². The number of piperidine rings is 1. The normalized spacial score (nSPS) is 18.1. The molecule has 0 aromatic heterocycles. The Morgan fingerprint density at radius 2 is 2.05 bits per heavy atom. The first-order chi connectivity index (χ1) is 17.7. The Morgan fingerprint density at radius 1 is 1.30 bits per heavy atom. The molecule has 1 aliphatic heterocycles. The molecule has 1 saturated heterocycles. The minimum absolute atomic E-state index is 0.221. The zero-order valence-corrected chi connectivity index (χ0v) is 21.6. The molecule has 37 heavy (non-hydrogen) atoms. The van der Waals surface area contributed by atoms with Gasteiger partial charge in [0.1, 0.15) is 11.9 Å². The SMILES string of the molecule is CCc1cccc(-c2c(F)cccc2[C@](O)(CCCNC(=O)OC)[C@@H]2CCCN(C(=O)[C@@H](N)CO)C2)c1. The van der Waals surface area contributed by atoms with E-state index in [0.29, 0.717) is 42.5 Å². The molecule has 1 aliphatic rings. The molecule has 0 aliphatic carbocycles. The zero-order chi connectivity index (χ0) is 27.0. The first-order valence-corrected chi connectivity index (χ1v) is 12.8. The number of benzene rings is 2. The van der Waals surface area contributed by atoms with Crippen LogP contribution in [0.15, 0.2) is 42.5 Å². The van der Waals surface area contributed by atoms with E-state index in [1.54, 1.807) is 17.0 Å². The van der Waals surface area contributed by atoms with Crippen molar-refractivity contribution in [2.24, 2.45) is 11.7 Å². The maximum Gasteiger partial charge on any atom is 0.406 e. The van der Waals surface area contributed by atoms with Crippen molar-refractivity contribution in [3.63, 3.8) is 0 Å². The monoisotopic (exact) mass is 515 g/mol. The number of ether oxygens (including phenoxy) is 1. The van der Waals surface area contributed by atoms with Gasteiger partial charge in [0.2, 0.25) is 5.91 Å². The molecule has 2 amide bonds. The number of likely N-dealkylation sites (tertiary alicyclic amines) is 1. The number of nitrogens with zero attached hydrogens (tertiary/aromatic N) is 1. The summed E-state index contributed by atoms with van der Waals surface area (Å²) >= 11 is 0. The van der Waals surface area contributed by atoms with Gasteiger partial charge in [-0.3, -0.25) is 4.79 Å².